The summed E-state index contributed by atoms with van der Waals surface area (Å²) in [5.41, 5.74) is 2.38. The second-order valence-electron chi connectivity index (χ2n) is 7.77. The van der Waals surface area contributed by atoms with Crippen LogP contribution in [0.4, 0.5) is 4.39 Å². The fourth-order valence-electron chi connectivity index (χ4n) is 3.67. The lowest BCUT2D eigenvalue weighted by Gasteiger charge is -2.19. The molecular weight excluding hydrogens is 427 g/mol. The number of alkyl halides is 1. The van der Waals surface area contributed by atoms with Crippen molar-refractivity contribution >= 4 is 5.97 Å². The van der Waals surface area contributed by atoms with Crippen molar-refractivity contribution in [2.24, 2.45) is 0 Å². The van der Waals surface area contributed by atoms with Crippen molar-refractivity contribution in [2.75, 3.05) is 13.2 Å². The number of carbonyl (C=O) groups excluding carboxylic acids is 1. The van der Waals surface area contributed by atoms with E-state index in [1.54, 1.807) is 32.2 Å². The van der Waals surface area contributed by atoms with Crippen LogP contribution in [0, 0.1) is 6.92 Å². The molecule has 1 aliphatic rings. The molecule has 4 rings (SSSR count). The average Bonchev–Trinajstić information content (AvgIpc) is 3.20. The van der Waals surface area contributed by atoms with E-state index in [1.807, 2.05) is 42.5 Å². The van der Waals surface area contributed by atoms with Gasteiger partial charge in [-0.15, -0.1) is 0 Å². The maximum Gasteiger partial charge on any atom is 0.338 e. The molecule has 1 aromatic heterocycles. The Bertz CT molecular complexity index is 1160. The van der Waals surface area contributed by atoms with E-state index >= 15 is 0 Å². The molecule has 1 saturated heterocycles. The van der Waals surface area contributed by atoms with Crippen LogP contribution in [0.3, 0.4) is 0 Å². The Morgan fingerprint density at radius 1 is 1.15 bits per heavy atom. The number of hydrogen-bond acceptors (Lipinski definition) is 6. The Kier molecular flexibility index (Phi) is 6.84. The third-order valence-electron chi connectivity index (χ3n) is 5.44. The van der Waals surface area contributed by atoms with Gasteiger partial charge >= 0.3 is 12.0 Å². The zero-order chi connectivity index (χ0) is 23.4. The van der Waals surface area contributed by atoms with E-state index in [-0.39, 0.29) is 19.0 Å². The Labute approximate surface area is 190 Å². The summed E-state index contributed by atoms with van der Waals surface area (Å²) >= 11 is 0. The minimum atomic E-state index is -1.35. The van der Waals surface area contributed by atoms with Crippen molar-refractivity contribution in [3.63, 3.8) is 0 Å². The summed E-state index contributed by atoms with van der Waals surface area (Å²) in [7, 11) is 0. The normalized spacial score (nSPS) is 19.9. The molecule has 0 aliphatic carbocycles. The summed E-state index contributed by atoms with van der Waals surface area (Å²) in [4.78, 5) is 28.2. The molecule has 3 aromatic rings. The Morgan fingerprint density at radius 2 is 1.85 bits per heavy atom. The van der Waals surface area contributed by atoms with Crippen molar-refractivity contribution in [1.82, 2.24) is 9.55 Å². The number of aryl methyl sites for hydroxylation is 1. The van der Waals surface area contributed by atoms with E-state index in [4.69, 9.17) is 14.2 Å². The smallest absolute Gasteiger partial charge is 0.338 e. The molecule has 0 unspecified atom stereocenters. The number of esters is 1. The first-order valence-corrected chi connectivity index (χ1v) is 10.8. The Hall–Kier alpha value is -3.52. The topological polar surface area (TPSA) is 79.6 Å². The molecule has 7 nitrogen and oxygen atoms in total. The molecule has 172 valence electrons. The van der Waals surface area contributed by atoms with Gasteiger partial charge in [-0.3, -0.25) is 9.36 Å². The van der Waals surface area contributed by atoms with E-state index in [9.17, 15) is 14.0 Å². The Balaban J connectivity index is 1.39. The number of benzene rings is 2. The Morgan fingerprint density at radius 3 is 2.55 bits per heavy atom. The molecule has 0 N–H and O–H groups in total. The van der Waals surface area contributed by atoms with Gasteiger partial charge in [-0.25, -0.2) is 9.18 Å². The van der Waals surface area contributed by atoms with Gasteiger partial charge < -0.3 is 14.2 Å². The maximum atomic E-state index is 14.7. The highest BCUT2D eigenvalue weighted by Crippen LogP contribution is 2.33. The molecule has 8 heteroatoms. The van der Waals surface area contributed by atoms with Crippen molar-refractivity contribution in [1.29, 1.82) is 0 Å². The minimum Gasteiger partial charge on any atom is -0.465 e. The fraction of sp³-hybridized carbons (Fsp3) is 0.320. The standard InChI is InChI=1S/C25H25FN2O5/c1-3-31-25-27-23(29)16(2)14-28(25)22-13-20(26)21(33-22)15-32-24(30)19-11-9-18(10-12-19)17-7-5-4-6-8-17/h4-12,14,20-22H,3,13,15H2,1-2H3/t20-,21+,22+/m0/s1. The lowest BCUT2D eigenvalue weighted by molar-refractivity contribution is -0.0454. The maximum absolute atomic E-state index is 14.7. The van der Waals surface area contributed by atoms with E-state index in [0.29, 0.717) is 17.7 Å². The molecule has 0 bridgehead atoms. The fourth-order valence-corrected chi connectivity index (χ4v) is 3.67. The first-order valence-electron chi connectivity index (χ1n) is 10.8. The van der Waals surface area contributed by atoms with Crippen molar-refractivity contribution in [3.05, 3.63) is 82.3 Å². The largest absolute Gasteiger partial charge is 0.465 e. The molecule has 2 heterocycles. The summed E-state index contributed by atoms with van der Waals surface area (Å²) in [6.07, 6.45) is -1.44. The highest BCUT2D eigenvalue weighted by Gasteiger charge is 2.38. The summed E-state index contributed by atoms with van der Waals surface area (Å²) in [5.74, 6) is -0.551. The van der Waals surface area contributed by atoms with Crippen LogP contribution in [-0.4, -0.2) is 41.0 Å². The van der Waals surface area contributed by atoms with Crippen LogP contribution in [0.15, 0.2) is 65.6 Å². The molecule has 3 atom stereocenters. The van der Waals surface area contributed by atoms with E-state index < -0.39 is 30.0 Å². The molecule has 0 saturated carbocycles. The van der Waals surface area contributed by atoms with Crippen LogP contribution in [-0.2, 0) is 9.47 Å². The lowest BCUT2D eigenvalue weighted by atomic mass is 10.0. The van der Waals surface area contributed by atoms with Gasteiger partial charge in [-0.1, -0.05) is 42.5 Å². The number of rotatable bonds is 7. The van der Waals surface area contributed by atoms with Gasteiger partial charge in [0.05, 0.1) is 12.2 Å². The zero-order valence-electron chi connectivity index (χ0n) is 18.4. The summed E-state index contributed by atoms with van der Waals surface area (Å²) < 4.78 is 32.7. The van der Waals surface area contributed by atoms with Gasteiger partial charge in [0.25, 0.3) is 5.56 Å². The van der Waals surface area contributed by atoms with E-state index in [1.165, 1.54) is 4.57 Å². The van der Waals surface area contributed by atoms with Gasteiger partial charge in [-0.2, -0.15) is 4.98 Å². The summed E-state index contributed by atoms with van der Waals surface area (Å²) in [6, 6.07) is 16.9. The molecule has 0 radical (unpaired) electrons. The first kappa shape index (κ1) is 22.7. The number of ether oxygens (including phenoxy) is 3. The minimum absolute atomic E-state index is 0.0258. The van der Waals surface area contributed by atoms with Gasteiger partial charge in [0.1, 0.15) is 25.1 Å². The summed E-state index contributed by atoms with van der Waals surface area (Å²) in [5, 5.41) is 0. The second kappa shape index (κ2) is 9.95. The lowest BCUT2D eigenvalue weighted by Crippen LogP contribution is -2.26. The van der Waals surface area contributed by atoms with Crippen molar-refractivity contribution < 1.29 is 23.4 Å². The third kappa shape index (κ3) is 5.12. The molecule has 33 heavy (non-hydrogen) atoms. The van der Waals surface area contributed by atoms with Gasteiger partial charge in [0.15, 0.2) is 0 Å². The van der Waals surface area contributed by atoms with Crippen LogP contribution in [0.2, 0.25) is 0 Å². The highest BCUT2D eigenvalue weighted by molar-refractivity contribution is 5.90. The predicted molar refractivity (Wildman–Crippen MR) is 120 cm³/mol. The number of carbonyl (C=O) groups is 1. The average molecular weight is 452 g/mol. The number of hydrogen-bond donors (Lipinski definition) is 0. The van der Waals surface area contributed by atoms with Gasteiger partial charge in [0.2, 0.25) is 0 Å². The van der Waals surface area contributed by atoms with Crippen LogP contribution >= 0.6 is 0 Å². The second-order valence-corrected chi connectivity index (χ2v) is 7.77. The van der Waals surface area contributed by atoms with Crippen LogP contribution in [0.1, 0.15) is 35.5 Å². The number of halogens is 1. The van der Waals surface area contributed by atoms with Gasteiger partial charge in [-0.05, 0) is 37.1 Å². The van der Waals surface area contributed by atoms with Crippen LogP contribution in [0.5, 0.6) is 6.01 Å². The highest BCUT2D eigenvalue weighted by atomic mass is 19.1. The summed E-state index contributed by atoms with van der Waals surface area (Å²) in [6.45, 7) is 3.45. The van der Waals surface area contributed by atoms with E-state index in [0.717, 1.165) is 11.1 Å². The third-order valence-corrected chi connectivity index (χ3v) is 5.44. The van der Waals surface area contributed by atoms with E-state index in [2.05, 4.69) is 4.98 Å². The SMILES string of the molecule is CCOc1nc(=O)c(C)cn1[C@H]1C[C@H](F)[C@@H](COC(=O)c2ccc(-c3ccccc3)cc2)O1. The first-order chi connectivity index (χ1) is 16.0. The van der Waals surface area contributed by atoms with Crippen molar-refractivity contribution in [3.8, 4) is 17.1 Å². The molecule has 2 aromatic carbocycles. The molecule has 0 amide bonds. The molecular formula is C25H25FN2O5. The predicted octanol–water partition coefficient (Wildman–Crippen LogP) is 4.10. The zero-order valence-corrected chi connectivity index (χ0v) is 18.4. The monoisotopic (exact) mass is 452 g/mol. The van der Waals surface area contributed by atoms with Crippen molar-refractivity contribution in [2.45, 2.75) is 38.8 Å². The van der Waals surface area contributed by atoms with Crippen LogP contribution in [0.25, 0.3) is 11.1 Å². The van der Waals surface area contributed by atoms with Crippen LogP contribution < -0.4 is 10.3 Å². The quantitative estimate of drug-likeness (QED) is 0.502. The molecule has 1 aliphatic heterocycles. The molecule has 0 spiro atoms. The van der Waals surface area contributed by atoms with Gasteiger partial charge in [0, 0.05) is 18.2 Å². The number of aromatic nitrogens is 2. The number of nitrogens with zero attached hydrogens (tertiary/aromatic N) is 2. The molecule has 1 fully saturated rings.